The molecule has 1 atom stereocenters. The molecule has 0 rings (SSSR count). The molecular formula is C7H13BrO3. The van der Waals surface area contributed by atoms with Gasteiger partial charge in [0.1, 0.15) is 6.61 Å². The SMILES string of the molecule is CC(Br)C(C)(C)OCC(=O)O. The van der Waals surface area contributed by atoms with Crippen LogP contribution in [0.25, 0.3) is 0 Å². The second-order valence-electron chi connectivity index (χ2n) is 2.90. The van der Waals surface area contributed by atoms with E-state index >= 15 is 0 Å². The fraction of sp³-hybridized carbons (Fsp3) is 0.857. The van der Waals surface area contributed by atoms with E-state index in [1.807, 2.05) is 20.8 Å². The van der Waals surface area contributed by atoms with Crippen molar-refractivity contribution in [1.82, 2.24) is 0 Å². The Morgan fingerprint density at radius 1 is 1.73 bits per heavy atom. The van der Waals surface area contributed by atoms with Crippen molar-refractivity contribution in [3.05, 3.63) is 0 Å². The van der Waals surface area contributed by atoms with Crippen LogP contribution in [0.2, 0.25) is 0 Å². The number of carboxylic acid groups (broad SMARTS) is 1. The maximum absolute atomic E-state index is 10.1. The van der Waals surface area contributed by atoms with Crippen LogP contribution in [0.4, 0.5) is 0 Å². The highest BCUT2D eigenvalue weighted by atomic mass is 79.9. The first-order valence-electron chi connectivity index (χ1n) is 3.36. The smallest absolute Gasteiger partial charge is 0.329 e. The largest absolute Gasteiger partial charge is 0.480 e. The van der Waals surface area contributed by atoms with Crippen LogP contribution in [0, 0.1) is 0 Å². The molecule has 1 unspecified atom stereocenters. The van der Waals surface area contributed by atoms with E-state index in [9.17, 15) is 4.79 Å². The lowest BCUT2D eigenvalue weighted by atomic mass is 10.1. The van der Waals surface area contributed by atoms with E-state index < -0.39 is 11.6 Å². The molecule has 0 aliphatic carbocycles. The Hall–Kier alpha value is -0.0900. The van der Waals surface area contributed by atoms with Gasteiger partial charge in [-0.15, -0.1) is 0 Å². The molecule has 0 aromatic carbocycles. The molecular weight excluding hydrogens is 212 g/mol. The van der Waals surface area contributed by atoms with Crippen LogP contribution in [0.15, 0.2) is 0 Å². The van der Waals surface area contributed by atoms with Gasteiger partial charge in [-0.1, -0.05) is 15.9 Å². The molecule has 1 N–H and O–H groups in total. The van der Waals surface area contributed by atoms with E-state index in [0.717, 1.165) is 0 Å². The summed E-state index contributed by atoms with van der Waals surface area (Å²) in [7, 11) is 0. The summed E-state index contributed by atoms with van der Waals surface area (Å²) in [5.41, 5.74) is -0.432. The molecule has 0 saturated carbocycles. The molecule has 0 aromatic heterocycles. The summed E-state index contributed by atoms with van der Waals surface area (Å²) in [4.78, 5) is 10.3. The lowest BCUT2D eigenvalue weighted by molar-refractivity contribution is -0.147. The molecule has 0 aliphatic rings. The molecule has 0 amide bonds. The zero-order valence-electron chi connectivity index (χ0n) is 6.93. The van der Waals surface area contributed by atoms with Crippen LogP contribution in [0.5, 0.6) is 0 Å². The van der Waals surface area contributed by atoms with E-state index in [-0.39, 0.29) is 11.4 Å². The Bertz CT molecular complexity index is 143. The van der Waals surface area contributed by atoms with Crippen molar-refractivity contribution in [1.29, 1.82) is 0 Å². The number of halogens is 1. The molecule has 4 heteroatoms. The number of alkyl halides is 1. The molecule has 0 aromatic rings. The maximum atomic E-state index is 10.1. The van der Waals surface area contributed by atoms with Gasteiger partial charge >= 0.3 is 5.97 Å². The number of hydrogen-bond donors (Lipinski definition) is 1. The highest BCUT2D eigenvalue weighted by Crippen LogP contribution is 2.20. The summed E-state index contributed by atoms with van der Waals surface area (Å²) in [5.74, 6) is -0.939. The minimum Gasteiger partial charge on any atom is -0.480 e. The normalized spacial score (nSPS) is 14.5. The van der Waals surface area contributed by atoms with Crippen LogP contribution in [-0.2, 0) is 9.53 Å². The number of rotatable bonds is 4. The van der Waals surface area contributed by atoms with Gasteiger partial charge in [0.2, 0.25) is 0 Å². The second kappa shape index (κ2) is 4.07. The summed E-state index contributed by atoms with van der Waals surface area (Å²) in [6.45, 7) is 5.36. The summed E-state index contributed by atoms with van der Waals surface area (Å²) in [6.07, 6.45) is 0. The monoisotopic (exact) mass is 224 g/mol. The fourth-order valence-corrected chi connectivity index (χ4v) is 0.495. The lowest BCUT2D eigenvalue weighted by Crippen LogP contribution is -2.35. The highest BCUT2D eigenvalue weighted by Gasteiger charge is 2.25. The minimum atomic E-state index is -0.939. The number of ether oxygens (including phenoxy) is 1. The molecule has 0 saturated heterocycles. The Kier molecular flexibility index (Phi) is 4.03. The average molecular weight is 225 g/mol. The summed E-state index contributed by atoms with van der Waals surface area (Å²) in [5, 5.41) is 8.32. The molecule has 0 bridgehead atoms. The van der Waals surface area contributed by atoms with Gasteiger partial charge in [-0.05, 0) is 20.8 Å². The van der Waals surface area contributed by atoms with Crippen molar-refractivity contribution in [3.63, 3.8) is 0 Å². The molecule has 0 heterocycles. The van der Waals surface area contributed by atoms with Crippen LogP contribution in [-0.4, -0.2) is 28.1 Å². The first-order valence-corrected chi connectivity index (χ1v) is 4.27. The van der Waals surface area contributed by atoms with Gasteiger partial charge in [0.25, 0.3) is 0 Å². The third kappa shape index (κ3) is 4.37. The fourth-order valence-electron chi connectivity index (χ4n) is 0.363. The van der Waals surface area contributed by atoms with E-state index in [4.69, 9.17) is 9.84 Å². The summed E-state index contributed by atoms with van der Waals surface area (Å²) < 4.78 is 5.11. The molecule has 66 valence electrons. The number of carboxylic acids is 1. The third-order valence-corrected chi connectivity index (χ3v) is 2.63. The van der Waals surface area contributed by atoms with Gasteiger partial charge < -0.3 is 9.84 Å². The van der Waals surface area contributed by atoms with Gasteiger partial charge in [0.15, 0.2) is 0 Å². The Morgan fingerprint density at radius 2 is 2.18 bits per heavy atom. The van der Waals surface area contributed by atoms with Gasteiger partial charge in [-0.3, -0.25) is 0 Å². The van der Waals surface area contributed by atoms with Crippen LogP contribution in [0.3, 0.4) is 0 Å². The summed E-state index contributed by atoms with van der Waals surface area (Å²) in [6, 6.07) is 0. The minimum absolute atomic E-state index is 0.134. The van der Waals surface area contributed by atoms with Crippen molar-refractivity contribution in [3.8, 4) is 0 Å². The molecule has 0 aliphatic heterocycles. The first-order chi connectivity index (χ1) is 4.86. The zero-order valence-corrected chi connectivity index (χ0v) is 8.51. The van der Waals surface area contributed by atoms with Gasteiger partial charge in [-0.2, -0.15) is 0 Å². The number of hydrogen-bond acceptors (Lipinski definition) is 2. The average Bonchev–Trinajstić information content (AvgIpc) is 1.84. The van der Waals surface area contributed by atoms with Crippen LogP contribution < -0.4 is 0 Å². The molecule has 0 spiro atoms. The van der Waals surface area contributed by atoms with Gasteiger partial charge in [-0.25, -0.2) is 4.79 Å². The van der Waals surface area contributed by atoms with Crippen molar-refractivity contribution in [2.45, 2.75) is 31.2 Å². The van der Waals surface area contributed by atoms with Crippen molar-refractivity contribution < 1.29 is 14.6 Å². The Labute approximate surface area is 74.9 Å². The number of aliphatic carboxylic acids is 1. The van der Waals surface area contributed by atoms with Crippen LogP contribution >= 0.6 is 15.9 Å². The van der Waals surface area contributed by atoms with E-state index in [1.54, 1.807) is 0 Å². The number of carbonyl (C=O) groups is 1. The van der Waals surface area contributed by atoms with Crippen molar-refractivity contribution in [2.75, 3.05) is 6.61 Å². The maximum Gasteiger partial charge on any atom is 0.329 e. The van der Waals surface area contributed by atoms with Crippen molar-refractivity contribution in [2.24, 2.45) is 0 Å². The predicted molar refractivity (Wildman–Crippen MR) is 46.1 cm³/mol. The van der Waals surface area contributed by atoms with Crippen molar-refractivity contribution >= 4 is 21.9 Å². The lowest BCUT2D eigenvalue weighted by Gasteiger charge is -2.27. The quantitative estimate of drug-likeness (QED) is 0.740. The Morgan fingerprint density at radius 3 is 2.45 bits per heavy atom. The molecule has 11 heavy (non-hydrogen) atoms. The predicted octanol–water partition coefficient (Wildman–Crippen LogP) is 1.65. The van der Waals surface area contributed by atoms with E-state index in [0.29, 0.717) is 0 Å². The van der Waals surface area contributed by atoms with Gasteiger partial charge in [0, 0.05) is 4.83 Å². The zero-order chi connectivity index (χ0) is 9.07. The molecule has 0 radical (unpaired) electrons. The van der Waals surface area contributed by atoms with E-state index in [2.05, 4.69) is 15.9 Å². The molecule has 0 fully saturated rings. The standard InChI is InChI=1S/C7H13BrO3/c1-5(8)7(2,3)11-4-6(9)10/h5H,4H2,1-3H3,(H,9,10). The Balaban J connectivity index is 3.82. The third-order valence-electron chi connectivity index (χ3n) is 1.53. The summed E-state index contributed by atoms with van der Waals surface area (Å²) >= 11 is 3.33. The molecule has 3 nitrogen and oxygen atoms in total. The second-order valence-corrected chi connectivity index (χ2v) is 4.28. The highest BCUT2D eigenvalue weighted by molar-refractivity contribution is 9.09. The van der Waals surface area contributed by atoms with Crippen LogP contribution in [0.1, 0.15) is 20.8 Å². The van der Waals surface area contributed by atoms with Gasteiger partial charge in [0.05, 0.1) is 5.60 Å². The topological polar surface area (TPSA) is 46.5 Å². The first kappa shape index (κ1) is 10.9. The van der Waals surface area contributed by atoms with E-state index in [1.165, 1.54) is 0 Å².